The van der Waals surface area contributed by atoms with Gasteiger partial charge in [0, 0.05) is 19.6 Å². The van der Waals surface area contributed by atoms with E-state index in [1.165, 1.54) is 5.56 Å². The van der Waals surface area contributed by atoms with Gasteiger partial charge in [-0.05, 0) is 49.1 Å². The van der Waals surface area contributed by atoms with Crippen LogP contribution in [0.3, 0.4) is 0 Å². The molecule has 0 bridgehead atoms. The Morgan fingerprint density at radius 2 is 2.41 bits per heavy atom. The number of nitrogens with zero attached hydrogens (tertiary/aromatic N) is 2. The number of guanidine groups is 1. The lowest BCUT2D eigenvalue weighted by atomic mass is 9.98. The summed E-state index contributed by atoms with van der Waals surface area (Å²) in [7, 11) is 0. The number of nitrogens with one attached hydrogen (secondary N) is 1. The van der Waals surface area contributed by atoms with Crippen molar-refractivity contribution in [1.82, 2.24) is 10.2 Å². The molecular formula is C16H25N3O2S. The maximum Gasteiger partial charge on any atom is 0.310 e. The number of carbonyl (C=O) groups is 1. The van der Waals surface area contributed by atoms with Crippen molar-refractivity contribution >= 4 is 23.3 Å². The molecule has 0 spiro atoms. The van der Waals surface area contributed by atoms with Gasteiger partial charge in [0.25, 0.3) is 0 Å². The number of carbonyl (C=O) groups excluding carboxylic acids is 1. The van der Waals surface area contributed by atoms with Crippen molar-refractivity contribution in [1.29, 1.82) is 0 Å². The molecule has 5 nitrogen and oxygen atoms in total. The smallest absolute Gasteiger partial charge is 0.310 e. The topological polar surface area (TPSA) is 53.9 Å². The van der Waals surface area contributed by atoms with Crippen LogP contribution in [0.5, 0.6) is 0 Å². The van der Waals surface area contributed by atoms with E-state index in [9.17, 15) is 4.79 Å². The van der Waals surface area contributed by atoms with Crippen LogP contribution in [0.1, 0.15) is 32.3 Å². The Kier molecular flexibility index (Phi) is 6.71. The molecule has 1 saturated heterocycles. The van der Waals surface area contributed by atoms with Crippen LogP contribution in [0.25, 0.3) is 0 Å². The third-order valence-corrected chi connectivity index (χ3v) is 4.40. The van der Waals surface area contributed by atoms with E-state index < -0.39 is 0 Å². The van der Waals surface area contributed by atoms with E-state index in [0.717, 1.165) is 31.9 Å². The van der Waals surface area contributed by atoms with Crippen LogP contribution in [0.15, 0.2) is 21.8 Å². The number of hydrogen-bond donors (Lipinski definition) is 1. The number of esters is 1. The molecule has 1 fully saturated rings. The van der Waals surface area contributed by atoms with Gasteiger partial charge in [-0.15, -0.1) is 0 Å². The van der Waals surface area contributed by atoms with Crippen molar-refractivity contribution in [3.05, 3.63) is 22.4 Å². The molecule has 1 aromatic heterocycles. The maximum absolute atomic E-state index is 12.0. The predicted molar refractivity (Wildman–Crippen MR) is 90.1 cm³/mol. The number of hydrogen-bond acceptors (Lipinski definition) is 4. The van der Waals surface area contributed by atoms with Crippen LogP contribution in [0.2, 0.25) is 0 Å². The van der Waals surface area contributed by atoms with Gasteiger partial charge in [0.2, 0.25) is 0 Å². The SMILES string of the molecule is CCNC(=NCc1ccsc1)N1CCCC(C(=O)OCC)C1. The molecule has 0 saturated carbocycles. The fourth-order valence-corrected chi connectivity index (χ4v) is 3.26. The summed E-state index contributed by atoms with van der Waals surface area (Å²) in [5, 5.41) is 7.51. The largest absolute Gasteiger partial charge is 0.466 e. The first-order valence-electron chi connectivity index (χ1n) is 7.95. The molecule has 2 rings (SSSR count). The van der Waals surface area contributed by atoms with E-state index in [2.05, 4.69) is 34.0 Å². The van der Waals surface area contributed by atoms with Gasteiger partial charge in [-0.1, -0.05) is 0 Å². The van der Waals surface area contributed by atoms with Crippen molar-refractivity contribution in [3.63, 3.8) is 0 Å². The lowest BCUT2D eigenvalue weighted by Crippen LogP contribution is -2.48. The minimum Gasteiger partial charge on any atom is -0.466 e. The minimum atomic E-state index is -0.0825. The first-order chi connectivity index (χ1) is 10.7. The summed E-state index contributed by atoms with van der Waals surface area (Å²) < 4.78 is 5.16. The number of thiophene rings is 1. The molecule has 2 heterocycles. The van der Waals surface area contributed by atoms with Crippen LogP contribution in [0, 0.1) is 5.92 Å². The van der Waals surface area contributed by atoms with Gasteiger partial charge in [-0.3, -0.25) is 4.79 Å². The van der Waals surface area contributed by atoms with E-state index in [4.69, 9.17) is 9.73 Å². The van der Waals surface area contributed by atoms with Crippen LogP contribution in [0.4, 0.5) is 0 Å². The predicted octanol–water partition coefficient (Wildman–Crippen LogP) is 2.49. The van der Waals surface area contributed by atoms with Crippen molar-refractivity contribution in [2.24, 2.45) is 10.9 Å². The number of ether oxygens (including phenoxy) is 1. The third kappa shape index (κ3) is 4.73. The highest BCUT2D eigenvalue weighted by Gasteiger charge is 2.28. The van der Waals surface area contributed by atoms with Gasteiger partial charge in [0.05, 0.1) is 19.1 Å². The summed E-state index contributed by atoms with van der Waals surface area (Å²) in [5.41, 5.74) is 1.22. The fourth-order valence-electron chi connectivity index (χ4n) is 2.60. The molecule has 0 radical (unpaired) electrons. The Morgan fingerprint density at radius 3 is 3.09 bits per heavy atom. The zero-order valence-corrected chi connectivity index (χ0v) is 14.2. The number of piperidine rings is 1. The van der Waals surface area contributed by atoms with E-state index >= 15 is 0 Å². The zero-order valence-electron chi connectivity index (χ0n) is 13.4. The lowest BCUT2D eigenvalue weighted by molar-refractivity contribution is -0.149. The number of rotatable bonds is 5. The maximum atomic E-state index is 12.0. The lowest BCUT2D eigenvalue weighted by Gasteiger charge is -2.34. The molecule has 6 heteroatoms. The second kappa shape index (κ2) is 8.78. The number of aliphatic imine (C=N–C) groups is 1. The minimum absolute atomic E-state index is 0.0429. The zero-order chi connectivity index (χ0) is 15.8. The van der Waals surface area contributed by atoms with Crippen LogP contribution >= 0.6 is 11.3 Å². The van der Waals surface area contributed by atoms with E-state index in [0.29, 0.717) is 19.7 Å². The summed E-state index contributed by atoms with van der Waals surface area (Å²) in [6, 6.07) is 2.09. The molecular weight excluding hydrogens is 298 g/mol. The molecule has 122 valence electrons. The summed E-state index contributed by atoms with van der Waals surface area (Å²) in [4.78, 5) is 18.8. The molecule has 0 aliphatic carbocycles. The quantitative estimate of drug-likeness (QED) is 0.514. The van der Waals surface area contributed by atoms with Gasteiger partial charge in [0.1, 0.15) is 0 Å². The van der Waals surface area contributed by atoms with E-state index in [1.807, 2.05) is 6.92 Å². The van der Waals surface area contributed by atoms with Crippen molar-refractivity contribution < 1.29 is 9.53 Å². The Balaban J connectivity index is 2.00. The third-order valence-electron chi connectivity index (χ3n) is 3.67. The van der Waals surface area contributed by atoms with Crippen molar-refractivity contribution in [2.75, 3.05) is 26.2 Å². The summed E-state index contributed by atoms with van der Waals surface area (Å²) in [6.45, 7) is 7.48. The van der Waals surface area contributed by atoms with Gasteiger partial charge < -0.3 is 15.0 Å². The standard InChI is InChI=1S/C16H25N3O2S/c1-3-17-16(18-10-13-7-9-22-12-13)19-8-5-6-14(11-19)15(20)21-4-2/h7,9,12,14H,3-6,8,10-11H2,1-2H3,(H,17,18). The second-order valence-corrected chi connectivity index (χ2v) is 6.12. The molecule has 0 amide bonds. The molecule has 1 aliphatic heterocycles. The van der Waals surface area contributed by atoms with Gasteiger partial charge >= 0.3 is 5.97 Å². The van der Waals surface area contributed by atoms with Gasteiger partial charge in [-0.25, -0.2) is 4.99 Å². The summed E-state index contributed by atoms with van der Waals surface area (Å²) in [6.07, 6.45) is 1.89. The van der Waals surface area contributed by atoms with Gasteiger partial charge in [-0.2, -0.15) is 11.3 Å². The highest BCUT2D eigenvalue weighted by Crippen LogP contribution is 2.18. The monoisotopic (exact) mass is 323 g/mol. The molecule has 0 aromatic carbocycles. The van der Waals surface area contributed by atoms with E-state index in [-0.39, 0.29) is 11.9 Å². The second-order valence-electron chi connectivity index (χ2n) is 5.34. The Bertz CT molecular complexity index is 488. The number of likely N-dealkylation sites (tertiary alicyclic amines) is 1. The summed E-state index contributed by atoms with van der Waals surface area (Å²) in [5.74, 6) is 0.766. The Morgan fingerprint density at radius 1 is 1.55 bits per heavy atom. The van der Waals surface area contributed by atoms with Crippen molar-refractivity contribution in [3.8, 4) is 0 Å². The molecule has 1 aromatic rings. The first kappa shape index (κ1) is 16.8. The normalized spacial score (nSPS) is 19.1. The Labute approximate surface area is 136 Å². The highest BCUT2D eigenvalue weighted by atomic mass is 32.1. The van der Waals surface area contributed by atoms with E-state index in [1.54, 1.807) is 11.3 Å². The average Bonchev–Trinajstić information content (AvgIpc) is 3.05. The van der Waals surface area contributed by atoms with Crippen LogP contribution < -0.4 is 5.32 Å². The molecule has 1 aliphatic rings. The average molecular weight is 323 g/mol. The molecule has 1 atom stereocenters. The van der Waals surface area contributed by atoms with Crippen LogP contribution in [-0.2, 0) is 16.1 Å². The van der Waals surface area contributed by atoms with Crippen LogP contribution in [-0.4, -0.2) is 43.1 Å². The molecule has 22 heavy (non-hydrogen) atoms. The fraction of sp³-hybridized carbons (Fsp3) is 0.625. The van der Waals surface area contributed by atoms with Gasteiger partial charge in [0.15, 0.2) is 5.96 Å². The molecule has 1 unspecified atom stereocenters. The Hall–Kier alpha value is -1.56. The van der Waals surface area contributed by atoms with Crippen molar-refractivity contribution in [2.45, 2.75) is 33.2 Å². The summed E-state index contributed by atoms with van der Waals surface area (Å²) >= 11 is 1.69. The highest BCUT2D eigenvalue weighted by molar-refractivity contribution is 7.07. The molecule has 1 N–H and O–H groups in total. The first-order valence-corrected chi connectivity index (χ1v) is 8.89.